The summed E-state index contributed by atoms with van der Waals surface area (Å²) in [4.78, 5) is 12.2. The molecule has 2 aromatic carbocycles. The highest BCUT2D eigenvalue weighted by Crippen LogP contribution is 2.22. The Morgan fingerprint density at radius 3 is 2.67 bits per heavy atom. The van der Waals surface area contributed by atoms with Crippen LogP contribution in [-0.2, 0) is 0 Å². The summed E-state index contributed by atoms with van der Waals surface area (Å²) in [6.07, 6.45) is 0. The van der Waals surface area contributed by atoms with Crippen LogP contribution in [0.4, 0.5) is 4.39 Å². The first-order valence-electron chi connectivity index (χ1n) is 6.44. The van der Waals surface area contributed by atoms with E-state index in [-0.39, 0.29) is 29.1 Å². The number of phenols is 1. The molecule has 2 N–H and O–H groups in total. The zero-order valence-electron chi connectivity index (χ0n) is 11.7. The lowest BCUT2D eigenvalue weighted by Gasteiger charge is -2.15. The van der Waals surface area contributed by atoms with Crippen LogP contribution in [0.1, 0.15) is 34.5 Å². The van der Waals surface area contributed by atoms with Crippen LogP contribution in [0.2, 0.25) is 0 Å². The maximum Gasteiger partial charge on any atom is 0.255 e. The molecule has 1 unspecified atom stereocenters. The monoisotopic (exact) mass is 399 g/mol. The predicted molar refractivity (Wildman–Crippen MR) is 87.8 cm³/mol. The second kappa shape index (κ2) is 6.43. The lowest BCUT2D eigenvalue weighted by atomic mass is 10.1. The van der Waals surface area contributed by atoms with Gasteiger partial charge >= 0.3 is 0 Å². The summed E-state index contributed by atoms with van der Waals surface area (Å²) in [6.45, 7) is 3.46. The van der Waals surface area contributed by atoms with Gasteiger partial charge in [0, 0.05) is 3.57 Å². The van der Waals surface area contributed by atoms with Crippen molar-refractivity contribution in [2.24, 2.45) is 0 Å². The van der Waals surface area contributed by atoms with Crippen molar-refractivity contribution < 1.29 is 14.3 Å². The van der Waals surface area contributed by atoms with E-state index in [0.29, 0.717) is 11.1 Å². The number of rotatable bonds is 3. The van der Waals surface area contributed by atoms with Crippen molar-refractivity contribution in [1.29, 1.82) is 0 Å². The topological polar surface area (TPSA) is 49.3 Å². The number of phenolic OH excluding ortho intramolecular Hbond substituents is 1. The molecule has 2 aromatic rings. The van der Waals surface area contributed by atoms with Gasteiger partial charge in [0.15, 0.2) is 0 Å². The van der Waals surface area contributed by atoms with Crippen LogP contribution in [0, 0.1) is 16.3 Å². The van der Waals surface area contributed by atoms with E-state index in [0.717, 1.165) is 3.57 Å². The number of halogens is 2. The molecule has 1 atom stereocenters. The molecule has 3 nitrogen and oxygen atoms in total. The van der Waals surface area contributed by atoms with Gasteiger partial charge < -0.3 is 10.4 Å². The molecule has 0 spiro atoms. The first-order chi connectivity index (χ1) is 9.88. The number of hydrogen-bond acceptors (Lipinski definition) is 2. The third kappa shape index (κ3) is 3.72. The van der Waals surface area contributed by atoms with E-state index in [9.17, 15) is 14.3 Å². The second-order valence-electron chi connectivity index (χ2n) is 4.87. The number of carbonyl (C=O) groups is 1. The first-order valence-corrected chi connectivity index (χ1v) is 7.52. The highest BCUT2D eigenvalue weighted by Gasteiger charge is 2.15. The molecule has 0 saturated heterocycles. The number of carbonyl (C=O) groups excluding carboxylic acids is 1. The van der Waals surface area contributed by atoms with Crippen LogP contribution in [0.5, 0.6) is 5.75 Å². The van der Waals surface area contributed by atoms with Crippen LogP contribution >= 0.6 is 22.6 Å². The number of hydrogen-bond donors (Lipinski definition) is 2. The van der Waals surface area contributed by atoms with Gasteiger partial charge in [-0.1, -0.05) is 12.1 Å². The van der Waals surface area contributed by atoms with Gasteiger partial charge in [-0.2, -0.15) is 0 Å². The minimum Gasteiger partial charge on any atom is -0.507 e. The Hall–Kier alpha value is -1.63. The van der Waals surface area contributed by atoms with Gasteiger partial charge in [0.1, 0.15) is 11.6 Å². The van der Waals surface area contributed by atoms with Crippen LogP contribution in [-0.4, -0.2) is 11.0 Å². The van der Waals surface area contributed by atoms with Crippen molar-refractivity contribution in [3.05, 3.63) is 62.5 Å². The summed E-state index contributed by atoms with van der Waals surface area (Å²) in [5.41, 5.74) is 1.45. The van der Waals surface area contributed by atoms with Crippen LogP contribution in [0.3, 0.4) is 0 Å². The van der Waals surface area contributed by atoms with Gasteiger partial charge in [0.2, 0.25) is 0 Å². The molecule has 0 saturated carbocycles. The fraction of sp³-hybridized carbons (Fsp3) is 0.188. The normalized spacial score (nSPS) is 12.0. The van der Waals surface area contributed by atoms with Crippen LogP contribution < -0.4 is 5.32 Å². The van der Waals surface area contributed by atoms with Crippen molar-refractivity contribution in [3.8, 4) is 5.75 Å². The summed E-state index contributed by atoms with van der Waals surface area (Å²) in [7, 11) is 0. The Bertz CT molecular complexity index is 688. The number of aryl methyl sites for hydroxylation is 1. The van der Waals surface area contributed by atoms with Gasteiger partial charge in [-0.3, -0.25) is 4.79 Å². The molecule has 5 heteroatoms. The van der Waals surface area contributed by atoms with Gasteiger partial charge in [-0.15, -0.1) is 0 Å². The summed E-state index contributed by atoms with van der Waals surface area (Å²) in [6, 6.07) is 9.31. The largest absolute Gasteiger partial charge is 0.507 e. The summed E-state index contributed by atoms with van der Waals surface area (Å²) in [5, 5.41) is 12.5. The van der Waals surface area contributed by atoms with E-state index >= 15 is 0 Å². The minimum atomic E-state index is -0.389. The molecule has 0 radical (unpaired) electrons. The van der Waals surface area contributed by atoms with Gasteiger partial charge in [0.05, 0.1) is 11.6 Å². The van der Waals surface area contributed by atoms with Crippen molar-refractivity contribution in [2.45, 2.75) is 19.9 Å². The summed E-state index contributed by atoms with van der Waals surface area (Å²) in [5.74, 6) is -0.764. The Morgan fingerprint density at radius 1 is 1.29 bits per heavy atom. The molecule has 0 aliphatic carbocycles. The molecule has 2 rings (SSSR count). The number of amides is 1. The standard InChI is InChI=1S/C16H15FINO2/c1-9-3-4-11(7-14(9)17)10(2)19-16(21)13-8-12(18)5-6-15(13)20/h3-8,10,20H,1-2H3,(H,19,21). The number of benzene rings is 2. The van der Waals surface area contributed by atoms with Crippen molar-refractivity contribution in [1.82, 2.24) is 5.32 Å². The molecule has 21 heavy (non-hydrogen) atoms. The first kappa shape index (κ1) is 15.8. The molecule has 0 heterocycles. The highest BCUT2D eigenvalue weighted by atomic mass is 127. The van der Waals surface area contributed by atoms with Gasteiger partial charge in [-0.05, 0) is 71.8 Å². The summed E-state index contributed by atoms with van der Waals surface area (Å²) < 4.78 is 14.4. The van der Waals surface area contributed by atoms with Crippen LogP contribution in [0.15, 0.2) is 36.4 Å². The Labute approximate surface area is 136 Å². The molecule has 0 aromatic heterocycles. The fourth-order valence-electron chi connectivity index (χ4n) is 1.93. The fourth-order valence-corrected chi connectivity index (χ4v) is 2.42. The highest BCUT2D eigenvalue weighted by molar-refractivity contribution is 14.1. The molecule has 0 bridgehead atoms. The zero-order chi connectivity index (χ0) is 15.6. The Morgan fingerprint density at radius 2 is 2.00 bits per heavy atom. The average Bonchev–Trinajstić information content (AvgIpc) is 2.44. The van der Waals surface area contributed by atoms with Crippen molar-refractivity contribution in [3.63, 3.8) is 0 Å². The van der Waals surface area contributed by atoms with E-state index in [4.69, 9.17) is 0 Å². The molecule has 1 amide bonds. The Kier molecular flexibility index (Phi) is 4.82. The van der Waals surface area contributed by atoms with E-state index in [1.807, 2.05) is 0 Å². The average molecular weight is 399 g/mol. The van der Waals surface area contributed by atoms with E-state index in [2.05, 4.69) is 27.9 Å². The molecular formula is C16H15FINO2. The van der Waals surface area contributed by atoms with E-state index < -0.39 is 0 Å². The maximum atomic E-state index is 13.6. The molecule has 110 valence electrons. The molecular weight excluding hydrogens is 384 g/mol. The SMILES string of the molecule is Cc1ccc(C(C)NC(=O)c2cc(I)ccc2O)cc1F. The van der Waals surface area contributed by atoms with Crippen molar-refractivity contribution in [2.75, 3.05) is 0 Å². The lowest BCUT2D eigenvalue weighted by molar-refractivity contribution is 0.0937. The smallest absolute Gasteiger partial charge is 0.255 e. The third-order valence-corrected chi connectivity index (χ3v) is 3.92. The van der Waals surface area contributed by atoms with Crippen LogP contribution in [0.25, 0.3) is 0 Å². The van der Waals surface area contributed by atoms with Crippen molar-refractivity contribution >= 4 is 28.5 Å². The molecule has 0 fully saturated rings. The van der Waals surface area contributed by atoms with E-state index in [1.54, 1.807) is 38.1 Å². The number of aromatic hydroxyl groups is 1. The molecule has 0 aliphatic rings. The zero-order valence-corrected chi connectivity index (χ0v) is 13.8. The summed E-state index contributed by atoms with van der Waals surface area (Å²) >= 11 is 2.07. The second-order valence-corrected chi connectivity index (χ2v) is 6.11. The number of nitrogens with one attached hydrogen (secondary N) is 1. The predicted octanol–water partition coefficient (Wildman–Crippen LogP) is 3.94. The Balaban J connectivity index is 2.18. The third-order valence-electron chi connectivity index (χ3n) is 3.25. The van der Waals surface area contributed by atoms with Gasteiger partial charge in [0.25, 0.3) is 5.91 Å². The quantitative estimate of drug-likeness (QED) is 0.769. The minimum absolute atomic E-state index is 0.0739. The molecule has 0 aliphatic heterocycles. The van der Waals surface area contributed by atoms with E-state index in [1.165, 1.54) is 12.1 Å². The van der Waals surface area contributed by atoms with Gasteiger partial charge in [-0.25, -0.2) is 4.39 Å². The maximum absolute atomic E-state index is 13.6. The lowest BCUT2D eigenvalue weighted by Crippen LogP contribution is -2.26.